The number of ether oxygens (including phenoxy) is 1. The molecule has 0 saturated heterocycles. The number of halogens is 3. The molecule has 0 saturated carbocycles. The highest BCUT2D eigenvalue weighted by Crippen LogP contribution is 2.26. The Kier molecular flexibility index (Phi) is 6.76. The van der Waals surface area contributed by atoms with E-state index in [4.69, 9.17) is 0 Å². The summed E-state index contributed by atoms with van der Waals surface area (Å²) < 4.78 is 40.4. The molecule has 2 rings (SSSR count). The third-order valence-electron chi connectivity index (χ3n) is 3.65. The van der Waals surface area contributed by atoms with E-state index in [-0.39, 0.29) is 30.3 Å². The number of nitrogens with one attached hydrogen (secondary N) is 1. The molecule has 0 bridgehead atoms. The maximum absolute atomic E-state index is 12.2. The van der Waals surface area contributed by atoms with Crippen LogP contribution in [0.1, 0.15) is 23.2 Å². The lowest BCUT2D eigenvalue weighted by Gasteiger charge is -2.09. The molecule has 2 aromatic carbocycles. The number of rotatable bonds is 8. The monoisotopic (exact) mass is 377 g/mol. The van der Waals surface area contributed by atoms with Gasteiger partial charge in [0.2, 0.25) is 5.91 Å². The number of hydrogen-bond acceptors (Lipinski definition) is 3. The van der Waals surface area contributed by atoms with Crippen LogP contribution < -0.4 is 10.1 Å². The lowest BCUT2D eigenvalue weighted by Crippen LogP contribution is -2.23. The number of carbonyl (C=O) groups excluding carboxylic acids is 2. The predicted molar refractivity (Wildman–Crippen MR) is 95.3 cm³/mol. The first-order chi connectivity index (χ1) is 12.8. The van der Waals surface area contributed by atoms with Gasteiger partial charge in [-0.05, 0) is 23.3 Å². The minimum Gasteiger partial charge on any atom is -0.406 e. The van der Waals surface area contributed by atoms with Crippen molar-refractivity contribution in [2.45, 2.75) is 19.2 Å². The zero-order chi connectivity index (χ0) is 19.9. The van der Waals surface area contributed by atoms with Gasteiger partial charge in [0.25, 0.3) is 0 Å². The Morgan fingerprint density at radius 3 is 2.04 bits per heavy atom. The van der Waals surface area contributed by atoms with Crippen LogP contribution in [-0.2, 0) is 4.79 Å². The van der Waals surface area contributed by atoms with E-state index in [9.17, 15) is 22.8 Å². The van der Waals surface area contributed by atoms with Gasteiger partial charge >= 0.3 is 6.36 Å². The minimum absolute atomic E-state index is 0.0891. The van der Waals surface area contributed by atoms with Crippen LogP contribution in [0.5, 0.6) is 5.75 Å². The molecule has 0 fully saturated rings. The van der Waals surface area contributed by atoms with Crippen molar-refractivity contribution in [2.24, 2.45) is 0 Å². The van der Waals surface area contributed by atoms with Gasteiger partial charge in [-0.25, -0.2) is 0 Å². The highest BCUT2D eigenvalue weighted by atomic mass is 19.4. The summed E-state index contributed by atoms with van der Waals surface area (Å²) in [6.45, 7) is 3.85. The molecule has 0 aliphatic carbocycles. The van der Waals surface area contributed by atoms with Gasteiger partial charge in [-0.15, -0.1) is 19.8 Å². The average Bonchev–Trinajstić information content (AvgIpc) is 2.64. The maximum Gasteiger partial charge on any atom is 0.573 e. The van der Waals surface area contributed by atoms with Crippen LogP contribution >= 0.6 is 0 Å². The fourth-order valence-electron chi connectivity index (χ4n) is 2.34. The number of carbonyl (C=O) groups is 2. The quantitative estimate of drug-likeness (QED) is 0.544. The van der Waals surface area contributed by atoms with Crippen molar-refractivity contribution < 1.29 is 27.5 Å². The van der Waals surface area contributed by atoms with Crippen LogP contribution in [0.2, 0.25) is 0 Å². The van der Waals surface area contributed by atoms with Crippen LogP contribution in [0.15, 0.2) is 61.2 Å². The number of hydrogen-bond donors (Lipinski definition) is 1. The Morgan fingerprint density at radius 1 is 0.963 bits per heavy atom. The zero-order valence-electron chi connectivity index (χ0n) is 14.4. The molecule has 0 unspecified atom stereocenters. The number of benzene rings is 2. The molecule has 2 aromatic rings. The van der Waals surface area contributed by atoms with Gasteiger partial charge in [-0.1, -0.05) is 42.5 Å². The standard InChI is InChI=1S/C20H18F3NO3/c1-2-13-24-19(26)12-11-18(25)16-5-3-14(4-6-16)15-7-9-17(10-8-15)27-20(21,22)23/h2-10H,1,11-13H2,(H,24,26). The fourth-order valence-corrected chi connectivity index (χ4v) is 2.34. The molecule has 0 heterocycles. The van der Waals surface area contributed by atoms with Crippen molar-refractivity contribution >= 4 is 11.7 Å². The van der Waals surface area contributed by atoms with E-state index in [1.165, 1.54) is 24.3 Å². The van der Waals surface area contributed by atoms with Gasteiger partial charge in [0.1, 0.15) is 5.75 Å². The van der Waals surface area contributed by atoms with Gasteiger partial charge in [-0.3, -0.25) is 9.59 Å². The first-order valence-electron chi connectivity index (χ1n) is 8.15. The van der Waals surface area contributed by atoms with Crippen molar-refractivity contribution in [1.29, 1.82) is 0 Å². The molecule has 0 aliphatic heterocycles. The Hall–Kier alpha value is -3.09. The Bertz CT molecular complexity index is 797. The highest BCUT2D eigenvalue weighted by Gasteiger charge is 2.30. The lowest BCUT2D eigenvalue weighted by atomic mass is 10.0. The van der Waals surface area contributed by atoms with Crippen molar-refractivity contribution in [3.63, 3.8) is 0 Å². The highest BCUT2D eigenvalue weighted by molar-refractivity contribution is 5.98. The summed E-state index contributed by atoms with van der Waals surface area (Å²) in [6, 6.07) is 12.1. The second-order valence-electron chi connectivity index (χ2n) is 5.67. The van der Waals surface area contributed by atoms with Crippen LogP contribution in [-0.4, -0.2) is 24.6 Å². The molecule has 0 atom stereocenters. The Balaban J connectivity index is 1.97. The topological polar surface area (TPSA) is 55.4 Å². The van der Waals surface area contributed by atoms with Crippen molar-refractivity contribution in [3.05, 3.63) is 66.7 Å². The minimum atomic E-state index is -4.73. The molecule has 0 aromatic heterocycles. The number of alkyl halides is 3. The Morgan fingerprint density at radius 2 is 1.52 bits per heavy atom. The molecule has 142 valence electrons. The number of ketones is 1. The molecular weight excluding hydrogens is 359 g/mol. The third kappa shape index (κ3) is 6.62. The summed E-state index contributed by atoms with van der Waals surface area (Å²) >= 11 is 0. The normalized spacial score (nSPS) is 10.9. The molecule has 4 nitrogen and oxygen atoms in total. The van der Waals surface area contributed by atoms with Crippen LogP contribution in [0, 0.1) is 0 Å². The van der Waals surface area contributed by atoms with E-state index in [2.05, 4.69) is 16.6 Å². The molecular formula is C20H18F3NO3. The van der Waals surface area contributed by atoms with E-state index < -0.39 is 6.36 Å². The predicted octanol–water partition coefficient (Wildman–Crippen LogP) is 4.52. The zero-order valence-corrected chi connectivity index (χ0v) is 14.4. The van der Waals surface area contributed by atoms with E-state index in [0.29, 0.717) is 17.7 Å². The average molecular weight is 377 g/mol. The smallest absolute Gasteiger partial charge is 0.406 e. The molecule has 0 spiro atoms. The largest absolute Gasteiger partial charge is 0.573 e. The van der Waals surface area contributed by atoms with Crippen LogP contribution in [0.4, 0.5) is 13.2 Å². The molecule has 27 heavy (non-hydrogen) atoms. The van der Waals surface area contributed by atoms with Gasteiger partial charge in [0.15, 0.2) is 5.78 Å². The van der Waals surface area contributed by atoms with E-state index in [1.807, 2.05) is 0 Å². The fraction of sp³-hybridized carbons (Fsp3) is 0.200. The Labute approximate surface area is 154 Å². The molecule has 0 aliphatic rings. The first kappa shape index (κ1) is 20.2. The molecule has 1 N–H and O–H groups in total. The third-order valence-corrected chi connectivity index (χ3v) is 3.65. The second-order valence-corrected chi connectivity index (χ2v) is 5.67. The summed E-state index contributed by atoms with van der Waals surface area (Å²) in [5.41, 5.74) is 1.90. The SMILES string of the molecule is C=CCNC(=O)CCC(=O)c1ccc(-c2ccc(OC(F)(F)F)cc2)cc1. The summed E-state index contributed by atoms with van der Waals surface area (Å²) in [7, 11) is 0. The van der Waals surface area contributed by atoms with Crippen molar-refractivity contribution in [3.8, 4) is 16.9 Å². The number of Topliss-reactive ketones (excluding diaryl/α,β-unsaturated/α-hetero) is 1. The maximum atomic E-state index is 12.2. The van der Waals surface area contributed by atoms with Crippen LogP contribution in [0.25, 0.3) is 11.1 Å². The summed E-state index contributed by atoms with van der Waals surface area (Å²) in [6.07, 6.45) is -2.99. The lowest BCUT2D eigenvalue weighted by molar-refractivity contribution is -0.274. The van der Waals surface area contributed by atoms with Crippen molar-refractivity contribution in [1.82, 2.24) is 5.32 Å². The number of amides is 1. The summed E-state index contributed by atoms with van der Waals surface area (Å²) in [5, 5.41) is 2.60. The molecule has 7 heteroatoms. The molecule has 0 radical (unpaired) electrons. The van der Waals surface area contributed by atoms with Gasteiger partial charge in [0.05, 0.1) is 0 Å². The van der Waals surface area contributed by atoms with E-state index in [0.717, 1.165) is 5.56 Å². The van der Waals surface area contributed by atoms with E-state index >= 15 is 0 Å². The van der Waals surface area contributed by atoms with Gasteiger partial charge in [0, 0.05) is 24.9 Å². The van der Waals surface area contributed by atoms with E-state index in [1.54, 1.807) is 30.3 Å². The van der Waals surface area contributed by atoms with Gasteiger partial charge in [-0.2, -0.15) is 0 Å². The summed E-state index contributed by atoms with van der Waals surface area (Å²) in [5.74, 6) is -0.682. The van der Waals surface area contributed by atoms with Crippen molar-refractivity contribution in [2.75, 3.05) is 6.54 Å². The second kappa shape index (κ2) is 9.02. The van der Waals surface area contributed by atoms with Gasteiger partial charge < -0.3 is 10.1 Å². The first-order valence-corrected chi connectivity index (χ1v) is 8.15. The summed E-state index contributed by atoms with van der Waals surface area (Å²) in [4.78, 5) is 23.6. The molecule has 1 amide bonds. The van der Waals surface area contributed by atoms with Crippen LogP contribution in [0.3, 0.4) is 0 Å².